The van der Waals surface area contributed by atoms with Crippen molar-refractivity contribution in [3.05, 3.63) is 29.8 Å². The van der Waals surface area contributed by atoms with Crippen molar-refractivity contribution in [3.8, 4) is 5.75 Å². The molecule has 122 valence electrons. The van der Waals surface area contributed by atoms with Gasteiger partial charge in [0.05, 0.1) is 12.2 Å². The molecule has 1 aromatic carbocycles. The number of ether oxygens (including phenoxy) is 1. The summed E-state index contributed by atoms with van der Waals surface area (Å²) >= 11 is 0. The third-order valence-corrected chi connectivity index (χ3v) is 5.65. The molecule has 1 heterocycles. The number of aliphatic hydroxyl groups is 1. The van der Waals surface area contributed by atoms with Crippen molar-refractivity contribution in [2.24, 2.45) is 5.92 Å². The van der Waals surface area contributed by atoms with Crippen molar-refractivity contribution in [1.82, 2.24) is 4.90 Å². The van der Waals surface area contributed by atoms with E-state index in [4.69, 9.17) is 4.74 Å². The Hall–Kier alpha value is -1.06. The van der Waals surface area contributed by atoms with E-state index in [-0.39, 0.29) is 17.6 Å². The SMILES string of the molecule is CC(C)Oc1cccc([C@@]23CC(O)C[C@@H](C2)N(C)C[C@H]3C)c1. The van der Waals surface area contributed by atoms with Gasteiger partial charge in [0.15, 0.2) is 0 Å². The van der Waals surface area contributed by atoms with E-state index in [0.717, 1.165) is 31.6 Å². The monoisotopic (exact) mass is 303 g/mol. The first-order chi connectivity index (χ1) is 10.4. The fraction of sp³-hybridized carbons (Fsp3) is 0.684. The van der Waals surface area contributed by atoms with E-state index in [1.54, 1.807) is 0 Å². The van der Waals surface area contributed by atoms with E-state index < -0.39 is 0 Å². The highest BCUT2D eigenvalue weighted by molar-refractivity contribution is 5.36. The summed E-state index contributed by atoms with van der Waals surface area (Å²) in [7, 11) is 2.20. The molecule has 2 aliphatic rings. The average Bonchev–Trinajstić information content (AvgIpc) is 2.44. The van der Waals surface area contributed by atoms with Crippen LogP contribution in [0.2, 0.25) is 0 Å². The second-order valence-corrected chi connectivity index (χ2v) is 7.64. The maximum absolute atomic E-state index is 10.4. The largest absolute Gasteiger partial charge is 0.491 e. The molecule has 4 atom stereocenters. The summed E-state index contributed by atoms with van der Waals surface area (Å²) in [6, 6.07) is 9.06. The minimum Gasteiger partial charge on any atom is -0.491 e. The van der Waals surface area contributed by atoms with Gasteiger partial charge in [-0.15, -0.1) is 0 Å². The van der Waals surface area contributed by atoms with Gasteiger partial charge < -0.3 is 14.7 Å². The van der Waals surface area contributed by atoms with Crippen molar-refractivity contribution in [2.45, 2.75) is 63.7 Å². The van der Waals surface area contributed by atoms with Gasteiger partial charge >= 0.3 is 0 Å². The Morgan fingerprint density at radius 3 is 2.82 bits per heavy atom. The number of hydrogen-bond donors (Lipinski definition) is 1. The molecule has 1 aromatic rings. The number of nitrogens with zero attached hydrogens (tertiary/aromatic N) is 1. The van der Waals surface area contributed by atoms with Crippen LogP contribution in [0.4, 0.5) is 0 Å². The minimum atomic E-state index is -0.196. The second kappa shape index (κ2) is 5.86. The van der Waals surface area contributed by atoms with Gasteiger partial charge in [-0.1, -0.05) is 19.1 Å². The van der Waals surface area contributed by atoms with Crippen molar-refractivity contribution in [3.63, 3.8) is 0 Å². The van der Waals surface area contributed by atoms with Gasteiger partial charge in [0.25, 0.3) is 0 Å². The molecule has 3 rings (SSSR count). The Labute approximate surface area is 134 Å². The molecular formula is C19H29NO2. The fourth-order valence-electron chi connectivity index (χ4n) is 4.57. The van der Waals surface area contributed by atoms with E-state index in [9.17, 15) is 5.11 Å². The van der Waals surface area contributed by atoms with Gasteiger partial charge in [-0.3, -0.25) is 0 Å². The number of hydrogen-bond acceptors (Lipinski definition) is 3. The number of benzene rings is 1. The molecule has 1 saturated heterocycles. The topological polar surface area (TPSA) is 32.7 Å². The molecule has 2 fully saturated rings. The molecule has 3 nitrogen and oxygen atoms in total. The highest BCUT2D eigenvalue weighted by Gasteiger charge is 2.49. The molecule has 0 radical (unpaired) electrons. The lowest BCUT2D eigenvalue weighted by molar-refractivity contribution is -0.0353. The predicted molar refractivity (Wildman–Crippen MR) is 89.3 cm³/mol. The van der Waals surface area contributed by atoms with Gasteiger partial charge in [0, 0.05) is 18.0 Å². The lowest BCUT2D eigenvalue weighted by atomic mass is 9.58. The molecule has 0 amide bonds. The van der Waals surface area contributed by atoms with Crippen molar-refractivity contribution < 1.29 is 9.84 Å². The van der Waals surface area contributed by atoms with Crippen LogP contribution in [0.5, 0.6) is 5.75 Å². The molecular weight excluding hydrogens is 274 g/mol. The van der Waals surface area contributed by atoms with E-state index >= 15 is 0 Å². The van der Waals surface area contributed by atoms with Gasteiger partial charge in [0.2, 0.25) is 0 Å². The zero-order chi connectivity index (χ0) is 15.9. The van der Waals surface area contributed by atoms with Gasteiger partial charge in [-0.05, 0) is 63.8 Å². The maximum atomic E-state index is 10.4. The summed E-state index contributed by atoms with van der Waals surface area (Å²) < 4.78 is 5.89. The first kappa shape index (κ1) is 15.8. The Balaban J connectivity index is 1.97. The van der Waals surface area contributed by atoms with Crippen LogP contribution < -0.4 is 4.74 Å². The molecule has 1 aliphatic heterocycles. The highest BCUT2D eigenvalue weighted by atomic mass is 16.5. The molecule has 0 spiro atoms. The zero-order valence-corrected chi connectivity index (χ0v) is 14.2. The Morgan fingerprint density at radius 1 is 1.32 bits per heavy atom. The first-order valence-corrected chi connectivity index (χ1v) is 8.56. The highest BCUT2D eigenvalue weighted by Crippen LogP contribution is 2.50. The molecule has 1 aliphatic carbocycles. The molecule has 1 unspecified atom stereocenters. The number of piperidine rings is 1. The predicted octanol–water partition coefficient (Wildman–Crippen LogP) is 3.21. The summed E-state index contributed by atoms with van der Waals surface area (Å²) in [6.07, 6.45) is 2.93. The molecule has 3 heteroatoms. The fourth-order valence-corrected chi connectivity index (χ4v) is 4.57. The van der Waals surface area contributed by atoms with Crippen LogP contribution in [0.15, 0.2) is 24.3 Å². The Bertz CT molecular complexity index is 530. The molecule has 1 N–H and O–H groups in total. The van der Waals surface area contributed by atoms with Gasteiger partial charge in [-0.25, -0.2) is 0 Å². The standard InChI is InChI=1S/C19H29NO2/c1-13(2)22-18-7-5-6-15(8-18)19-10-16(9-17(21)11-19)20(4)12-14(19)3/h5-8,13-14,16-17,21H,9-12H2,1-4H3/t14-,16+,17?,19-/m1/s1. The summed E-state index contributed by atoms with van der Waals surface area (Å²) in [5, 5.41) is 10.4. The Morgan fingerprint density at radius 2 is 2.09 bits per heavy atom. The van der Waals surface area contributed by atoms with Crippen LogP contribution in [0.25, 0.3) is 0 Å². The second-order valence-electron chi connectivity index (χ2n) is 7.64. The zero-order valence-electron chi connectivity index (χ0n) is 14.2. The average molecular weight is 303 g/mol. The molecule has 2 bridgehead atoms. The quantitative estimate of drug-likeness (QED) is 0.931. The van der Waals surface area contributed by atoms with Crippen LogP contribution >= 0.6 is 0 Å². The first-order valence-electron chi connectivity index (χ1n) is 8.56. The van der Waals surface area contributed by atoms with Gasteiger partial charge in [-0.2, -0.15) is 0 Å². The number of likely N-dealkylation sites (tertiary alicyclic amines) is 1. The normalized spacial score (nSPS) is 35.6. The van der Waals surface area contributed by atoms with Crippen molar-refractivity contribution >= 4 is 0 Å². The lowest BCUT2D eigenvalue weighted by Crippen LogP contribution is -2.58. The van der Waals surface area contributed by atoms with Crippen LogP contribution in [0, 0.1) is 5.92 Å². The third kappa shape index (κ3) is 2.77. The lowest BCUT2D eigenvalue weighted by Gasteiger charge is -2.55. The van der Waals surface area contributed by atoms with Crippen LogP contribution in [-0.2, 0) is 5.41 Å². The number of aliphatic hydroxyl groups excluding tert-OH is 1. The van der Waals surface area contributed by atoms with Crippen molar-refractivity contribution in [1.29, 1.82) is 0 Å². The summed E-state index contributed by atoms with van der Waals surface area (Å²) in [5.41, 5.74) is 1.43. The molecule has 22 heavy (non-hydrogen) atoms. The van der Waals surface area contributed by atoms with Crippen LogP contribution in [-0.4, -0.2) is 41.8 Å². The number of rotatable bonds is 3. The summed E-state index contributed by atoms with van der Waals surface area (Å²) in [5.74, 6) is 1.49. The van der Waals surface area contributed by atoms with Gasteiger partial charge in [0.1, 0.15) is 5.75 Å². The number of fused-ring (bicyclic) bond motifs is 2. The van der Waals surface area contributed by atoms with E-state index in [0.29, 0.717) is 12.0 Å². The minimum absolute atomic E-state index is 0.0885. The maximum Gasteiger partial charge on any atom is 0.119 e. The van der Waals surface area contributed by atoms with E-state index in [1.165, 1.54) is 5.56 Å². The molecule has 1 saturated carbocycles. The van der Waals surface area contributed by atoms with E-state index in [2.05, 4.69) is 50.9 Å². The smallest absolute Gasteiger partial charge is 0.119 e. The van der Waals surface area contributed by atoms with E-state index in [1.807, 2.05) is 6.07 Å². The summed E-state index contributed by atoms with van der Waals surface area (Å²) in [6.45, 7) is 7.56. The third-order valence-electron chi connectivity index (χ3n) is 5.65. The Kier molecular flexibility index (Phi) is 4.21. The molecule has 0 aromatic heterocycles. The summed E-state index contributed by atoms with van der Waals surface area (Å²) in [4.78, 5) is 2.43. The van der Waals surface area contributed by atoms with Crippen molar-refractivity contribution in [2.75, 3.05) is 13.6 Å². The van der Waals surface area contributed by atoms with Crippen LogP contribution in [0.3, 0.4) is 0 Å². The van der Waals surface area contributed by atoms with Crippen LogP contribution in [0.1, 0.15) is 45.6 Å².